The lowest BCUT2D eigenvalue weighted by Crippen LogP contribution is -2.76. The molecule has 5 rings (SSSR count). The number of carbonyl (C=O) groups excluding carboxylic acids is 2. The van der Waals surface area contributed by atoms with Crippen molar-refractivity contribution < 1.29 is 41.0 Å². The van der Waals surface area contributed by atoms with Gasteiger partial charge in [0.25, 0.3) is 17.6 Å². The van der Waals surface area contributed by atoms with Crippen LogP contribution >= 0.6 is 11.3 Å². The molecule has 0 spiro atoms. The van der Waals surface area contributed by atoms with Gasteiger partial charge >= 0.3 is 0 Å². The SMILES string of the molecule is C[n+]1cc(-c2ccc3c(c2)OC[C@@H](CO/N=C(\C(=O)N[C@@H]2C(=O)N(OS(=O)(=O)[O-])C2(C)C)c2csc(N)n2)C3)ccc1NCCN. The maximum atomic E-state index is 13.2. The summed E-state index contributed by atoms with van der Waals surface area (Å²) < 4.78 is 45.3. The number of aryl methyl sites for hydroxylation is 1. The van der Waals surface area contributed by atoms with Crippen LogP contribution in [0.3, 0.4) is 0 Å². The van der Waals surface area contributed by atoms with Crippen molar-refractivity contribution in [2.24, 2.45) is 23.9 Å². The van der Waals surface area contributed by atoms with Crippen molar-refractivity contribution in [2.75, 3.05) is 37.4 Å². The second-order valence-corrected chi connectivity index (χ2v) is 13.2. The number of carbonyl (C=O) groups is 2. The number of pyridine rings is 1. The molecular weight excluding hydrogens is 640 g/mol. The lowest BCUT2D eigenvalue weighted by Gasteiger charge is -2.51. The highest BCUT2D eigenvalue weighted by molar-refractivity contribution is 7.80. The Hall–Kier alpha value is -4.36. The Morgan fingerprint density at radius 3 is 2.72 bits per heavy atom. The molecule has 1 saturated heterocycles. The van der Waals surface area contributed by atoms with E-state index in [4.69, 9.17) is 21.0 Å². The molecule has 3 aromatic rings. The number of hydroxylamine groups is 2. The highest BCUT2D eigenvalue weighted by Gasteiger charge is 2.57. The molecule has 0 radical (unpaired) electrons. The fourth-order valence-corrected chi connectivity index (χ4v) is 6.10. The zero-order valence-electron chi connectivity index (χ0n) is 25.3. The van der Waals surface area contributed by atoms with Crippen molar-refractivity contribution in [1.29, 1.82) is 0 Å². The van der Waals surface area contributed by atoms with Gasteiger partial charge in [0.15, 0.2) is 10.8 Å². The summed E-state index contributed by atoms with van der Waals surface area (Å²) in [5, 5.41) is 11.9. The van der Waals surface area contributed by atoms with Crippen LogP contribution in [0.1, 0.15) is 25.1 Å². The molecule has 0 aliphatic carbocycles. The standard InChI is InChI=1S/C28H34N8O8S2/c1-28(2)24(26(38)36(28)44-46(39,40)41)33-25(37)23(20-15-45-27(30)32-20)34-43-14-16-10-18-5-4-17(11-21(18)42-13-16)19-6-7-22(31-9-8-29)35(3)12-19/h4-7,11-12,15-16,24H,8-10,13-14,29H2,1-3H3,(H4,30,32,33,37,39,40,41)/b34-23-/t16-,24+/m0/s1. The van der Waals surface area contributed by atoms with Gasteiger partial charge in [-0.3, -0.25) is 14.9 Å². The normalized spacial score (nSPS) is 19.1. The van der Waals surface area contributed by atoms with E-state index in [-0.39, 0.29) is 29.1 Å². The molecule has 16 nitrogen and oxygen atoms in total. The van der Waals surface area contributed by atoms with Crippen LogP contribution in [0.25, 0.3) is 11.1 Å². The van der Waals surface area contributed by atoms with Crippen molar-refractivity contribution in [1.82, 2.24) is 15.4 Å². The highest BCUT2D eigenvalue weighted by Crippen LogP contribution is 2.34. The number of nitrogens with zero attached hydrogens (tertiary/aromatic N) is 4. The molecule has 0 unspecified atom stereocenters. The van der Waals surface area contributed by atoms with E-state index in [0.717, 1.165) is 39.6 Å². The van der Waals surface area contributed by atoms with Crippen LogP contribution in [0.2, 0.25) is 0 Å². The molecule has 246 valence electrons. The molecule has 4 heterocycles. The van der Waals surface area contributed by atoms with Crippen LogP contribution < -0.4 is 31.4 Å². The quantitative estimate of drug-likeness (QED) is 0.0499. The summed E-state index contributed by atoms with van der Waals surface area (Å²) in [5.74, 6) is -0.0932. The number of anilines is 2. The predicted molar refractivity (Wildman–Crippen MR) is 166 cm³/mol. The molecule has 0 saturated carbocycles. The third-order valence-corrected chi connectivity index (χ3v) is 8.54. The van der Waals surface area contributed by atoms with E-state index < -0.39 is 33.8 Å². The van der Waals surface area contributed by atoms with Gasteiger partial charge in [0, 0.05) is 29.5 Å². The number of nitrogens with two attached hydrogens (primary N) is 2. The Labute approximate surface area is 269 Å². The number of thiazole rings is 1. The molecular formula is C28H34N8O8S2. The third kappa shape index (κ3) is 7.20. The van der Waals surface area contributed by atoms with Crippen LogP contribution in [0.4, 0.5) is 10.9 Å². The topological polar surface area (TPSA) is 228 Å². The van der Waals surface area contributed by atoms with E-state index in [1.165, 1.54) is 19.2 Å². The lowest BCUT2D eigenvalue weighted by molar-refractivity contribution is -0.656. The lowest BCUT2D eigenvalue weighted by atomic mass is 9.84. The van der Waals surface area contributed by atoms with E-state index in [0.29, 0.717) is 31.2 Å². The van der Waals surface area contributed by atoms with Crippen molar-refractivity contribution in [3.05, 3.63) is 53.2 Å². The minimum Gasteiger partial charge on any atom is -0.724 e. The smallest absolute Gasteiger partial charge is 0.276 e. The van der Waals surface area contributed by atoms with Crippen molar-refractivity contribution in [2.45, 2.75) is 31.8 Å². The molecule has 46 heavy (non-hydrogen) atoms. The van der Waals surface area contributed by atoms with E-state index >= 15 is 0 Å². The Balaban J connectivity index is 1.23. The zero-order chi connectivity index (χ0) is 33.2. The Kier molecular flexibility index (Phi) is 9.45. The molecule has 1 aromatic carbocycles. The summed E-state index contributed by atoms with van der Waals surface area (Å²) in [4.78, 5) is 35.4. The highest BCUT2D eigenvalue weighted by atomic mass is 32.3. The van der Waals surface area contributed by atoms with E-state index in [1.807, 2.05) is 48.1 Å². The van der Waals surface area contributed by atoms with Crippen LogP contribution in [0, 0.1) is 5.92 Å². The number of hydrogen-bond acceptors (Lipinski definition) is 14. The Morgan fingerprint density at radius 2 is 2.07 bits per heavy atom. The van der Waals surface area contributed by atoms with Crippen LogP contribution in [-0.2, 0) is 42.6 Å². The first-order chi connectivity index (χ1) is 21.8. The van der Waals surface area contributed by atoms with E-state index in [2.05, 4.69) is 25.1 Å². The molecule has 2 aliphatic heterocycles. The van der Waals surface area contributed by atoms with Crippen molar-refractivity contribution >= 4 is 50.2 Å². The number of nitrogens with one attached hydrogen (secondary N) is 2. The summed E-state index contributed by atoms with van der Waals surface area (Å²) in [7, 11) is -3.24. The van der Waals surface area contributed by atoms with Gasteiger partial charge in [-0.25, -0.2) is 18.0 Å². The second-order valence-electron chi connectivity index (χ2n) is 11.3. The summed E-state index contributed by atoms with van der Waals surface area (Å²) in [6.45, 7) is 4.52. The van der Waals surface area contributed by atoms with Gasteiger partial charge in [0.2, 0.25) is 10.4 Å². The van der Waals surface area contributed by atoms with Crippen molar-refractivity contribution in [3.8, 4) is 16.9 Å². The first kappa shape index (κ1) is 33.0. The minimum absolute atomic E-state index is 0.0792. The number of ether oxygens (including phenoxy) is 1. The number of aromatic nitrogens is 2. The van der Waals surface area contributed by atoms with Crippen LogP contribution in [0.5, 0.6) is 5.75 Å². The molecule has 2 atom stereocenters. The van der Waals surface area contributed by atoms with Gasteiger partial charge in [-0.15, -0.1) is 11.3 Å². The van der Waals surface area contributed by atoms with Gasteiger partial charge in [-0.05, 0) is 43.5 Å². The van der Waals surface area contributed by atoms with Gasteiger partial charge in [-0.2, -0.15) is 9.35 Å². The number of fused-ring (bicyclic) bond motifs is 1. The number of rotatable bonds is 12. The zero-order valence-corrected chi connectivity index (χ0v) is 26.9. The van der Waals surface area contributed by atoms with Gasteiger partial charge in [0.05, 0.1) is 31.9 Å². The predicted octanol–water partition coefficient (Wildman–Crippen LogP) is 0.0568. The molecule has 6 N–H and O–H groups in total. The Morgan fingerprint density at radius 1 is 1.30 bits per heavy atom. The third-order valence-electron chi connectivity index (χ3n) is 7.53. The molecule has 2 aromatic heterocycles. The van der Waals surface area contributed by atoms with E-state index in [9.17, 15) is 22.6 Å². The first-order valence-electron chi connectivity index (χ1n) is 14.2. The number of oxime groups is 1. The summed E-state index contributed by atoms with van der Waals surface area (Å²) in [5.41, 5.74) is 12.9. The first-order valence-corrected chi connectivity index (χ1v) is 16.4. The number of benzene rings is 1. The second kappa shape index (κ2) is 13.2. The Bertz CT molecular complexity index is 1780. The summed E-state index contributed by atoms with van der Waals surface area (Å²) in [6.07, 6.45) is 2.68. The van der Waals surface area contributed by atoms with E-state index in [1.54, 1.807) is 0 Å². The maximum absolute atomic E-state index is 13.2. The maximum Gasteiger partial charge on any atom is 0.276 e. The molecule has 1 fully saturated rings. The average Bonchev–Trinajstić information content (AvgIpc) is 3.44. The molecule has 2 amide bonds. The van der Waals surface area contributed by atoms with Gasteiger partial charge in [-0.1, -0.05) is 17.3 Å². The molecule has 18 heteroatoms. The fraction of sp³-hybridized carbons (Fsp3) is 0.393. The molecule has 0 bridgehead atoms. The summed E-state index contributed by atoms with van der Waals surface area (Å²) in [6, 6.07) is 8.87. The van der Waals surface area contributed by atoms with Crippen LogP contribution in [-0.4, -0.2) is 78.4 Å². The number of nitrogen functional groups attached to an aromatic ring is 1. The minimum atomic E-state index is -5.20. The average molecular weight is 675 g/mol. The van der Waals surface area contributed by atoms with Gasteiger partial charge in [0.1, 0.15) is 24.1 Å². The number of hydrogen-bond donors (Lipinski definition) is 4. The number of β-lactam (4-membered cyclic amide) rings is 1. The van der Waals surface area contributed by atoms with Gasteiger partial charge < -0.3 is 30.9 Å². The monoisotopic (exact) mass is 674 g/mol. The summed E-state index contributed by atoms with van der Waals surface area (Å²) >= 11 is 1.08. The molecule has 2 aliphatic rings. The van der Waals surface area contributed by atoms with Crippen LogP contribution in [0.15, 0.2) is 47.1 Å². The number of amides is 2. The van der Waals surface area contributed by atoms with Crippen molar-refractivity contribution in [3.63, 3.8) is 0 Å². The fourth-order valence-electron chi connectivity index (χ4n) is 5.11. The largest absolute Gasteiger partial charge is 0.724 e.